The zero-order chi connectivity index (χ0) is 21.3. The minimum absolute atomic E-state index is 0.0760. The summed E-state index contributed by atoms with van der Waals surface area (Å²) in [4.78, 5) is 31.5. The quantitative estimate of drug-likeness (QED) is 0.327. The number of nitriles is 1. The number of amides is 1. The van der Waals surface area contributed by atoms with Crippen molar-refractivity contribution in [2.75, 3.05) is 11.1 Å². The summed E-state index contributed by atoms with van der Waals surface area (Å²) < 4.78 is 1.47. The Morgan fingerprint density at radius 1 is 1.37 bits per heavy atom. The molecule has 1 amide bonds. The van der Waals surface area contributed by atoms with Crippen LogP contribution in [0.15, 0.2) is 51.0 Å². The second-order valence-electron chi connectivity index (χ2n) is 6.21. The molecule has 4 aromatic rings. The van der Waals surface area contributed by atoms with Crippen LogP contribution in [0.25, 0.3) is 20.7 Å². The van der Waals surface area contributed by atoms with Gasteiger partial charge in [0.1, 0.15) is 10.9 Å². The molecule has 0 bridgehead atoms. The molecule has 0 saturated carbocycles. The average molecular weight is 473 g/mol. The summed E-state index contributed by atoms with van der Waals surface area (Å²) in [6, 6.07) is 10.6. The number of nitrogens with one attached hydrogen (secondary N) is 1. The number of aromatic nitrogens is 2. The summed E-state index contributed by atoms with van der Waals surface area (Å²) in [7, 11) is 1.66. The molecule has 3 aromatic heterocycles. The molecule has 30 heavy (non-hydrogen) atoms. The van der Waals surface area contributed by atoms with Crippen molar-refractivity contribution in [1.82, 2.24) is 9.55 Å². The molecule has 0 saturated heterocycles. The Balaban J connectivity index is 1.52. The van der Waals surface area contributed by atoms with E-state index in [9.17, 15) is 9.59 Å². The minimum atomic E-state index is -0.263. The molecule has 0 aliphatic heterocycles. The van der Waals surface area contributed by atoms with Crippen LogP contribution in [0.2, 0.25) is 5.02 Å². The lowest BCUT2D eigenvalue weighted by molar-refractivity contribution is -0.113. The zero-order valence-electron chi connectivity index (χ0n) is 15.5. The van der Waals surface area contributed by atoms with Crippen LogP contribution in [-0.4, -0.2) is 21.2 Å². The van der Waals surface area contributed by atoms with Gasteiger partial charge in [-0.2, -0.15) is 5.26 Å². The molecule has 0 spiro atoms. The van der Waals surface area contributed by atoms with Gasteiger partial charge in [-0.1, -0.05) is 29.4 Å². The van der Waals surface area contributed by atoms with E-state index in [1.807, 2.05) is 29.0 Å². The van der Waals surface area contributed by atoms with Gasteiger partial charge in [0, 0.05) is 28.6 Å². The largest absolute Gasteiger partial charge is 0.325 e. The highest BCUT2D eigenvalue weighted by molar-refractivity contribution is 7.99. The molecule has 4 rings (SSSR count). The maximum absolute atomic E-state index is 12.9. The lowest BCUT2D eigenvalue weighted by Crippen LogP contribution is -2.21. The molecule has 10 heteroatoms. The molecule has 6 nitrogen and oxygen atoms in total. The Bertz CT molecular complexity index is 1350. The Morgan fingerprint density at radius 2 is 2.20 bits per heavy atom. The number of thiophene rings is 2. The van der Waals surface area contributed by atoms with Crippen molar-refractivity contribution < 1.29 is 4.79 Å². The second kappa shape index (κ2) is 8.62. The van der Waals surface area contributed by atoms with Gasteiger partial charge >= 0.3 is 0 Å². The summed E-state index contributed by atoms with van der Waals surface area (Å²) >= 11 is 10.2. The second-order valence-corrected chi connectivity index (χ2v) is 9.36. The lowest BCUT2D eigenvalue weighted by atomic mass is 10.2. The molecule has 0 aliphatic carbocycles. The number of thioether (sulfide) groups is 1. The molecule has 0 atom stereocenters. The molecule has 0 radical (unpaired) electrons. The van der Waals surface area contributed by atoms with Gasteiger partial charge in [-0.25, -0.2) is 4.98 Å². The third-order valence-electron chi connectivity index (χ3n) is 4.27. The van der Waals surface area contributed by atoms with Crippen LogP contribution in [0.4, 0.5) is 5.69 Å². The van der Waals surface area contributed by atoms with Gasteiger partial charge in [0.15, 0.2) is 5.16 Å². The molecule has 0 unspecified atom stereocenters. The standard InChI is InChI=1S/C20H13ClN4O2S3/c1-25-19(27)17-13(15-3-2-6-28-15)9-29-18(17)24-20(25)30-10-16(26)23-12-5-4-11(8-22)14(21)7-12/h2-7,9H,10H2,1H3,(H,23,26). The van der Waals surface area contributed by atoms with Crippen molar-refractivity contribution in [2.24, 2.45) is 7.05 Å². The highest BCUT2D eigenvalue weighted by atomic mass is 35.5. The highest BCUT2D eigenvalue weighted by Crippen LogP contribution is 2.34. The number of rotatable bonds is 5. The average Bonchev–Trinajstić information content (AvgIpc) is 3.39. The van der Waals surface area contributed by atoms with E-state index < -0.39 is 0 Å². The van der Waals surface area contributed by atoms with Crippen LogP contribution in [0, 0.1) is 11.3 Å². The first-order chi connectivity index (χ1) is 14.5. The van der Waals surface area contributed by atoms with E-state index in [1.165, 1.54) is 33.7 Å². The fraction of sp³-hybridized carbons (Fsp3) is 0.100. The van der Waals surface area contributed by atoms with E-state index in [4.69, 9.17) is 16.9 Å². The van der Waals surface area contributed by atoms with E-state index >= 15 is 0 Å². The molecule has 1 aromatic carbocycles. The number of benzene rings is 1. The summed E-state index contributed by atoms with van der Waals surface area (Å²) in [5.41, 5.74) is 1.60. The van der Waals surface area contributed by atoms with Crippen LogP contribution in [0.5, 0.6) is 0 Å². The van der Waals surface area contributed by atoms with Crippen molar-refractivity contribution in [1.29, 1.82) is 5.26 Å². The monoisotopic (exact) mass is 472 g/mol. The van der Waals surface area contributed by atoms with E-state index in [0.29, 0.717) is 26.6 Å². The molecular weight excluding hydrogens is 460 g/mol. The Kier molecular flexibility index (Phi) is 5.92. The number of fused-ring (bicyclic) bond motifs is 1. The molecule has 150 valence electrons. The first-order valence-corrected chi connectivity index (χ1v) is 11.7. The number of nitrogens with zero attached hydrogens (tertiary/aromatic N) is 3. The van der Waals surface area contributed by atoms with Crippen molar-refractivity contribution in [3.63, 3.8) is 0 Å². The summed E-state index contributed by atoms with van der Waals surface area (Å²) in [5.74, 6) is -0.187. The number of carbonyl (C=O) groups excluding carboxylic acids is 1. The Hall–Kier alpha value is -2.64. The predicted molar refractivity (Wildman–Crippen MR) is 124 cm³/mol. The molecule has 3 heterocycles. The Labute approximate surface area is 188 Å². The normalized spacial score (nSPS) is 10.8. The van der Waals surface area contributed by atoms with Crippen molar-refractivity contribution in [3.05, 3.63) is 62.0 Å². The maximum Gasteiger partial charge on any atom is 0.263 e. The first-order valence-electron chi connectivity index (χ1n) is 8.62. The third-order valence-corrected chi connectivity index (χ3v) is 7.38. The summed E-state index contributed by atoms with van der Waals surface area (Å²) in [5, 5.41) is 16.9. The van der Waals surface area contributed by atoms with Gasteiger partial charge in [-0.3, -0.25) is 14.2 Å². The van der Waals surface area contributed by atoms with Gasteiger partial charge in [-0.05, 0) is 29.6 Å². The van der Waals surface area contributed by atoms with E-state index in [2.05, 4.69) is 10.3 Å². The topological polar surface area (TPSA) is 87.8 Å². The third kappa shape index (κ3) is 4.00. The number of hydrogen-bond donors (Lipinski definition) is 1. The van der Waals surface area contributed by atoms with Crippen molar-refractivity contribution >= 4 is 67.8 Å². The fourth-order valence-corrected chi connectivity index (χ4v) is 5.60. The number of hydrogen-bond acceptors (Lipinski definition) is 7. The van der Waals surface area contributed by atoms with Crippen molar-refractivity contribution in [3.8, 4) is 16.5 Å². The number of anilines is 1. The van der Waals surface area contributed by atoms with Crippen LogP contribution in [0.1, 0.15) is 5.56 Å². The lowest BCUT2D eigenvalue weighted by Gasteiger charge is -2.09. The van der Waals surface area contributed by atoms with Gasteiger partial charge in [0.2, 0.25) is 5.91 Å². The number of halogens is 1. The SMILES string of the molecule is Cn1c(SCC(=O)Nc2ccc(C#N)c(Cl)c2)nc2scc(-c3cccs3)c2c1=O. The molecule has 1 N–H and O–H groups in total. The zero-order valence-corrected chi connectivity index (χ0v) is 18.7. The predicted octanol–water partition coefficient (Wildman–Crippen LogP) is 4.98. The van der Waals surface area contributed by atoms with Crippen molar-refractivity contribution in [2.45, 2.75) is 5.16 Å². The van der Waals surface area contributed by atoms with Gasteiger partial charge in [0.25, 0.3) is 5.56 Å². The number of carbonyl (C=O) groups is 1. The van der Waals surface area contributed by atoms with Crippen LogP contribution < -0.4 is 10.9 Å². The van der Waals surface area contributed by atoms with Gasteiger partial charge < -0.3 is 5.32 Å². The molecular formula is C20H13ClN4O2S3. The highest BCUT2D eigenvalue weighted by Gasteiger charge is 2.17. The summed E-state index contributed by atoms with van der Waals surface area (Å²) in [6.07, 6.45) is 0. The Morgan fingerprint density at radius 3 is 2.90 bits per heavy atom. The molecule has 0 aliphatic rings. The van der Waals surface area contributed by atoms with E-state index in [-0.39, 0.29) is 22.2 Å². The van der Waals surface area contributed by atoms with Gasteiger partial charge in [0.05, 0.1) is 21.7 Å². The minimum Gasteiger partial charge on any atom is -0.325 e. The van der Waals surface area contributed by atoms with Crippen LogP contribution >= 0.6 is 46.0 Å². The van der Waals surface area contributed by atoms with Crippen LogP contribution in [0.3, 0.4) is 0 Å². The van der Waals surface area contributed by atoms with Crippen LogP contribution in [-0.2, 0) is 11.8 Å². The first kappa shape index (κ1) is 20.6. The fourth-order valence-electron chi connectivity index (χ4n) is 2.81. The molecule has 0 fully saturated rings. The summed E-state index contributed by atoms with van der Waals surface area (Å²) in [6.45, 7) is 0. The van der Waals surface area contributed by atoms with E-state index in [1.54, 1.807) is 30.5 Å². The van der Waals surface area contributed by atoms with Gasteiger partial charge in [-0.15, -0.1) is 22.7 Å². The maximum atomic E-state index is 12.9. The smallest absolute Gasteiger partial charge is 0.263 e. The van der Waals surface area contributed by atoms with E-state index in [0.717, 1.165) is 10.4 Å².